The molecule has 7 nitrogen and oxygen atoms in total. The predicted molar refractivity (Wildman–Crippen MR) is 59.1 cm³/mol. The number of hydrogen-bond acceptors (Lipinski definition) is 4. The smallest absolute Gasteiger partial charge is 0.308 e. The Labute approximate surface area is 99.9 Å². The second-order valence-electron chi connectivity index (χ2n) is 2.80. The number of aromatic amines is 2. The van der Waals surface area contributed by atoms with Crippen LogP contribution in [0.5, 0.6) is 0 Å². The van der Waals surface area contributed by atoms with E-state index in [1.807, 2.05) is 4.98 Å². The maximum atomic E-state index is 11.1. The second kappa shape index (κ2) is 4.95. The zero-order valence-corrected chi connectivity index (χ0v) is 9.38. The van der Waals surface area contributed by atoms with Gasteiger partial charge in [-0.05, 0) is 0 Å². The molecule has 2 rings (SSSR count). The van der Waals surface area contributed by atoms with E-state index in [-0.39, 0.29) is 24.0 Å². The molecular formula is C7H7Cl2N5O2. The molecule has 0 spiro atoms. The minimum Gasteiger partial charge on any atom is -0.308 e. The normalized spacial score (nSPS) is 9.81. The summed E-state index contributed by atoms with van der Waals surface area (Å²) in [5.41, 5.74) is -0.911. The summed E-state index contributed by atoms with van der Waals surface area (Å²) >= 11 is 5.71. The van der Waals surface area contributed by atoms with Gasteiger partial charge >= 0.3 is 5.69 Å². The van der Waals surface area contributed by atoms with Crippen LogP contribution in [0.3, 0.4) is 0 Å². The van der Waals surface area contributed by atoms with Gasteiger partial charge in [0.2, 0.25) is 0 Å². The fourth-order valence-corrected chi connectivity index (χ4v) is 1.26. The Kier molecular flexibility index (Phi) is 3.86. The van der Waals surface area contributed by atoms with Crippen molar-refractivity contribution in [1.29, 1.82) is 0 Å². The first-order valence-corrected chi connectivity index (χ1v) is 4.39. The molecule has 0 fully saturated rings. The van der Waals surface area contributed by atoms with Gasteiger partial charge in [-0.15, -0.1) is 17.5 Å². The molecule has 2 heterocycles. The molecule has 2 aromatic heterocycles. The van der Waals surface area contributed by atoms with Crippen LogP contribution in [-0.2, 0) is 6.54 Å². The number of nitrogens with zero attached hydrogens (tertiary/aromatic N) is 3. The van der Waals surface area contributed by atoms with Crippen LogP contribution in [0.25, 0.3) is 0 Å². The Morgan fingerprint density at radius 1 is 1.38 bits per heavy atom. The van der Waals surface area contributed by atoms with Crippen molar-refractivity contribution in [2.75, 3.05) is 0 Å². The fraction of sp³-hybridized carbons (Fsp3) is 0.143. The van der Waals surface area contributed by atoms with E-state index in [0.29, 0.717) is 5.69 Å². The van der Waals surface area contributed by atoms with Gasteiger partial charge in [0.1, 0.15) is 5.02 Å². The van der Waals surface area contributed by atoms with Crippen molar-refractivity contribution in [3.63, 3.8) is 0 Å². The number of nitrogens with one attached hydrogen (secondary N) is 2. The second-order valence-corrected chi connectivity index (χ2v) is 3.18. The number of rotatable bonds is 2. The molecule has 0 aliphatic heterocycles. The van der Waals surface area contributed by atoms with Crippen LogP contribution in [0.1, 0.15) is 5.69 Å². The molecule has 0 bridgehead atoms. The van der Waals surface area contributed by atoms with E-state index in [1.54, 1.807) is 6.20 Å². The molecular weight excluding hydrogens is 257 g/mol. The summed E-state index contributed by atoms with van der Waals surface area (Å²) in [6, 6.07) is 0. The lowest BCUT2D eigenvalue weighted by Crippen LogP contribution is -2.25. The summed E-state index contributed by atoms with van der Waals surface area (Å²) in [5, 5.41) is 7.22. The Hall–Kier alpha value is -1.60. The quantitative estimate of drug-likeness (QED) is 0.783. The predicted octanol–water partition coefficient (Wildman–Crippen LogP) is -0.222. The van der Waals surface area contributed by atoms with Gasteiger partial charge in [0.05, 0.1) is 18.4 Å². The lowest BCUT2D eigenvalue weighted by Gasteiger charge is -2.01. The van der Waals surface area contributed by atoms with Gasteiger partial charge in [0.15, 0.2) is 0 Å². The molecule has 0 amide bonds. The van der Waals surface area contributed by atoms with Gasteiger partial charge in [-0.2, -0.15) is 0 Å². The molecule has 86 valence electrons. The highest BCUT2D eigenvalue weighted by molar-refractivity contribution is 6.30. The molecule has 0 aliphatic rings. The lowest BCUT2D eigenvalue weighted by molar-refractivity contribution is 0.634. The highest BCUT2D eigenvalue weighted by atomic mass is 35.5. The topological polar surface area (TPSA) is 96.4 Å². The van der Waals surface area contributed by atoms with Gasteiger partial charge in [0.25, 0.3) is 5.56 Å². The molecule has 16 heavy (non-hydrogen) atoms. The van der Waals surface area contributed by atoms with Crippen LogP contribution in [0.2, 0.25) is 5.02 Å². The third-order valence-electron chi connectivity index (χ3n) is 1.75. The van der Waals surface area contributed by atoms with E-state index >= 15 is 0 Å². The van der Waals surface area contributed by atoms with Crippen molar-refractivity contribution in [2.24, 2.45) is 0 Å². The highest BCUT2D eigenvalue weighted by Crippen LogP contribution is 2.05. The van der Waals surface area contributed by atoms with E-state index in [2.05, 4.69) is 15.3 Å². The molecule has 9 heteroatoms. The number of aromatic nitrogens is 5. The van der Waals surface area contributed by atoms with E-state index < -0.39 is 11.2 Å². The first-order chi connectivity index (χ1) is 7.16. The molecule has 0 saturated carbocycles. The Morgan fingerprint density at radius 2 is 2.12 bits per heavy atom. The number of hydrogen-bond donors (Lipinski definition) is 2. The van der Waals surface area contributed by atoms with Crippen LogP contribution in [-0.4, -0.2) is 25.0 Å². The minimum absolute atomic E-state index is 0. The van der Waals surface area contributed by atoms with Crippen molar-refractivity contribution in [2.45, 2.75) is 6.54 Å². The minimum atomic E-state index is -0.615. The molecule has 0 atom stereocenters. The summed E-state index contributed by atoms with van der Waals surface area (Å²) in [5.74, 6) is 0. The number of halogens is 2. The third-order valence-corrected chi connectivity index (χ3v) is 2.15. The van der Waals surface area contributed by atoms with Crippen molar-refractivity contribution < 1.29 is 0 Å². The Bertz CT molecular complexity index is 573. The SMILES string of the molecule is Cl.O=c1[nH]c(Cn2ccnn2)c(Cl)c(=O)[nH]1. The Morgan fingerprint density at radius 3 is 2.75 bits per heavy atom. The van der Waals surface area contributed by atoms with Crippen molar-refractivity contribution >= 4 is 24.0 Å². The zero-order chi connectivity index (χ0) is 10.8. The maximum absolute atomic E-state index is 11.1. The maximum Gasteiger partial charge on any atom is 0.326 e. The monoisotopic (exact) mass is 263 g/mol. The molecule has 2 N–H and O–H groups in total. The first kappa shape index (κ1) is 12.5. The van der Waals surface area contributed by atoms with Crippen LogP contribution < -0.4 is 11.2 Å². The average molecular weight is 264 g/mol. The summed E-state index contributed by atoms with van der Waals surface area (Å²) < 4.78 is 1.44. The first-order valence-electron chi connectivity index (χ1n) is 4.02. The largest absolute Gasteiger partial charge is 0.326 e. The molecule has 0 saturated heterocycles. The standard InChI is InChI=1S/C7H6ClN5O2.ClH/c8-5-4(3-13-2-1-9-12-13)10-7(15)11-6(5)14;/h1-2H,3H2,(H2,10,11,14,15);1H. The summed E-state index contributed by atoms with van der Waals surface area (Å²) in [6.45, 7) is 0.192. The van der Waals surface area contributed by atoms with Crippen molar-refractivity contribution in [3.8, 4) is 0 Å². The molecule has 0 aromatic carbocycles. The molecule has 2 aromatic rings. The lowest BCUT2D eigenvalue weighted by atomic mass is 10.4. The molecule has 0 unspecified atom stereocenters. The van der Waals surface area contributed by atoms with Crippen LogP contribution in [0.15, 0.2) is 22.0 Å². The summed E-state index contributed by atoms with van der Waals surface area (Å²) in [6.07, 6.45) is 3.08. The van der Waals surface area contributed by atoms with Gasteiger partial charge in [0, 0.05) is 6.20 Å². The van der Waals surface area contributed by atoms with Crippen LogP contribution in [0.4, 0.5) is 0 Å². The van der Waals surface area contributed by atoms with Gasteiger partial charge in [-0.3, -0.25) is 9.78 Å². The fourth-order valence-electron chi connectivity index (χ4n) is 1.11. The van der Waals surface area contributed by atoms with E-state index in [9.17, 15) is 9.59 Å². The van der Waals surface area contributed by atoms with Gasteiger partial charge < -0.3 is 4.98 Å². The number of H-pyrrole nitrogens is 2. The third kappa shape index (κ3) is 2.50. The van der Waals surface area contributed by atoms with E-state index in [4.69, 9.17) is 11.6 Å². The van der Waals surface area contributed by atoms with Gasteiger partial charge in [-0.25, -0.2) is 9.48 Å². The van der Waals surface area contributed by atoms with Crippen LogP contribution >= 0.6 is 24.0 Å². The summed E-state index contributed by atoms with van der Waals surface area (Å²) in [7, 11) is 0. The molecule has 0 aliphatic carbocycles. The van der Waals surface area contributed by atoms with Crippen molar-refractivity contribution in [3.05, 3.63) is 43.9 Å². The summed E-state index contributed by atoms with van der Waals surface area (Å²) in [4.78, 5) is 26.6. The van der Waals surface area contributed by atoms with E-state index in [0.717, 1.165) is 0 Å². The highest BCUT2D eigenvalue weighted by Gasteiger charge is 2.07. The Balaban J connectivity index is 0.00000128. The van der Waals surface area contributed by atoms with Gasteiger partial charge in [-0.1, -0.05) is 16.8 Å². The molecule has 0 radical (unpaired) electrons. The van der Waals surface area contributed by atoms with E-state index in [1.165, 1.54) is 10.9 Å². The average Bonchev–Trinajstić information content (AvgIpc) is 2.66. The zero-order valence-electron chi connectivity index (χ0n) is 7.81. The van der Waals surface area contributed by atoms with Crippen molar-refractivity contribution in [1.82, 2.24) is 25.0 Å². The van der Waals surface area contributed by atoms with Crippen LogP contribution in [0, 0.1) is 0 Å².